The molecule has 0 aliphatic heterocycles. The van der Waals surface area contributed by atoms with E-state index in [1.807, 2.05) is 17.8 Å². The Hall–Kier alpha value is -0.590. The fourth-order valence-corrected chi connectivity index (χ4v) is 3.33. The van der Waals surface area contributed by atoms with Gasteiger partial charge in [-0.2, -0.15) is 16.9 Å². The highest BCUT2D eigenvalue weighted by Crippen LogP contribution is 2.23. The van der Waals surface area contributed by atoms with Gasteiger partial charge in [0.15, 0.2) is 10.6 Å². The Balaban J connectivity index is 2.27. The molecule has 2 aromatic heterocycles. The number of hydrogen-bond donors (Lipinski definition) is 1. The predicted molar refractivity (Wildman–Crippen MR) is 78.3 cm³/mol. The quantitative estimate of drug-likeness (QED) is 0.851. The number of thiophene rings is 1. The molecule has 2 heterocycles. The van der Waals surface area contributed by atoms with Crippen LogP contribution < -0.4 is 0 Å². The highest BCUT2D eigenvalue weighted by atomic mass is 32.2. The summed E-state index contributed by atoms with van der Waals surface area (Å²) in [4.78, 5) is 1.16. The maximum atomic E-state index is 5.29. The Morgan fingerprint density at radius 2 is 2.47 bits per heavy atom. The van der Waals surface area contributed by atoms with E-state index in [4.69, 9.17) is 12.2 Å². The molecule has 1 N–H and O–H groups in total. The van der Waals surface area contributed by atoms with Crippen LogP contribution in [0.25, 0.3) is 10.7 Å². The third-order valence-corrected chi connectivity index (χ3v) is 4.53. The average Bonchev–Trinajstić information content (AvgIpc) is 2.90. The highest BCUT2D eigenvalue weighted by Gasteiger charge is 2.12. The summed E-state index contributed by atoms with van der Waals surface area (Å²) in [5.41, 5.74) is 0. The van der Waals surface area contributed by atoms with Gasteiger partial charge in [0.2, 0.25) is 0 Å². The Bertz CT molecular complexity index is 512. The first-order chi connectivity index (χ1) is 8.22. The number of H-pyrrole nitrogens is 1. The molecule has 2 rings (SSSR count). The van der Waals surface area contributed by atoms with Crippen molar-refractivity contribution in [2.24, 2.45) is 5.92 Å². The van der Waals surface area contributed by atoms with E-state index in [1.165, 1.54) is 0 Å². The van der Waals surface area contributed by atoms with E-state index in [1.54, 1.807) is 11.3 Å². The summed E-state index contributed by atoms with van der Waals surface area (Å²) in [5, 5.41) is 9.27. The lowest BCUT2D eigenvalue weighted by molar-refractivity contribution is 0.529. The van der Waals surface area contributed by atoms with Gasteiger partial charge in [0.1, 0.15) is 0 Å². The van der Waals surface area contributed by atoms with E-state index in [0.717, 1.165) is 23.0 Å². The largest absolute Gasteiger partial charge is 0.299 e. The Morgan fingerprint density at radius 3 is 3.12 bits per heavy atom. The van der Waals surface area contributed by atoms with Crippen LogP contribution in [0, 0.1) is 10.7 Å². The summed E-state index contributed by atoms with van der Waals surface area (Å²) in [6, 6.07) is 4.11. The van der Waals surface area contributed by atoms with Crippen LogP contribution in [-0.4, -0.2) is 26.8 Å². The summed E-state index contributed by atoms with van der Waals surface area (Å²) in [6.45, 7) is 3.16. The lowest BCUT2D eigenvalue weighted by Crippen LogP contribution is -2.10. The van der Waals surface area contributed by atoms with Crippen molar-refractivity contribution in [3.8, 4) is 10.7 Å². The van der Waals surface area contributed by atoms with Gasteiger partial charge in [0.05, 0.1) is 4.88 Å². The van der Waals surface area contributed by atoms with Crippen molar-refractivity contribution < 1.29 is 0 Å². The molecule has 0 radical (unpaired) electrons. The molecule has 0 fully saturated rings. The smallest absolute Gasteiger partial charge is 0.195 e. The summed E-state index contributed by atoms with van der Waals surface area (Å²) >= 11 is 8.85. The van der Waals surface area contributed by atoms with Crippen LogP contribution in [0.5, 0.6) is 0 Å². The Labute approximate surface area is 114 Å². The van der Waals surface area contributed by atoms with E-state index >= 15 is 0 Å². The third-order valence-electron chi connectivity index (χ3n) is 2.45. The first-order valence-corrected chi connectivity index (χ1v) is 8.08. The van der Waals surface area contributed by atoms with Crippen LogP contribution in [0.4, 0.5) is 0 Å². The van der Waals surface area contributed by atoms with Crippen molar-refractivity contribution in [1.29, 1.82) is 0 Å². The molecule has 0 saturated carbocycles. The minimum absolute atomic E-state index is 0.591. The lowest BCUT2D eigenvalue weighted by atomic mass is 10.2. The first-order valence-electron chi connectivity index (χ1n) is 5.40. The molecular weight excluding hydrogens is 270 g/mol. The SMILES string of the molecule is CSCC(C)Cn1c(-c2cccs2)n[nH]c1=S. The van der Waals surface area contributed by atoms with Gasteiger partial charge >= 0.3 is 0 Å². The topological polar surface area (TPSA) is 33.6 Å². The van der Waals surface area contributed by atoms with Crippen molar-refractivity contribution in [3.63, 3.8) is 0 Å². The zero-order chi connectivity index (χ0) is 12.3. The van der Waals surface area contributed by atoms with Crippen LogP contribution in [-0.2, 0) is 6.54 Å². The van der Waals surface area contributed by atoms with Gasteiger partial charge in [0, 0.05) is 6.54 Å². The van der Waals surface area contributed by atoms with Crippen molar-refractivity contribution in [3.05, 3.63) is 22.3 Å². The van der Waals surface area contributed by atoms with Gasteiger partial charge in [-0.1, -0.05) is 13.0 Å². The summed E-state index contributed by atoms with van der Waals surface area (Å²) in [6.07, 6.45) is 2.13. The molecule has 0 saturated heterocycles. The standard InChI is InChI=1S/C11H15N3S3/c1-8(7-16-2)6-14-10(12-13-11(14)15)9-4-3-5-17-9/h3-5,8H,6-7H2,1-2H3,(H,13,15). The van der Waals surface area contributed by atoms with Gasteiger partial charge in [0.25, 0.3) is 0 Å². The number of rotatable bonds is 5. The van der Waals surface area contributed by atoms with Crippen molar-refractivity contribution in [2.75, 3.05) is 12.0 Å². The summed E-state index contributed by atoms with van der Waals surface area (Å²) < 4.78 is 2.81. The molecule has 0 amide bonds. The first kappa shape index (κ1) is 12.9. The fourth-order valence-electron chi connectivity index (χ4n) is 1.73. The van der Waals surface area contributed by atoms with Crippen molar-refractivity contribution >= 4 is 35.3 Å². The Kier molecular flexibility index (Phi) is 4.42. The van der Waals surface area contributed by atoms with Crippen LogP contribution >= 0.6 is 35.3 Å². The molecule has 1 atom stereocenters. The van der Waals surface area contributed by atoms with Crippen LogP contribution in [0.1, 0.15) is 6.92 Å². The maximum Gasteiger partial charge on any atom is 0.195 e. The second-order valence-electron chi connectivity index (χ2n) is 4.00. The van der Waals surface area contributed by atoms with Gasteiger partial charge in [-0.15, -0.1) is 11.3 Å². The van der Waals surface area contributed by atoms with Gasteiger partial charge in [-0.25, -0.2) is 0 Å². The normalized spacial score (nSPS) is 12.8. The number of aromatic nitrogens is 3. The molecule has 0 bridgehead atoms. The molecule has 0 aliphatic rings. The summed E-state index contributed by atoms with van der Waals surface area (Å²) in [5.74, 6) is 2.68. The molecule has 0 aliphatic carbocycles. The van der Waals surface area contributed by atoms with Gasteiger partial charge in [-0.3, -0.25) is 9.67 Å². The molecule has 3 nitrogen and oxygen atoms in total. The molecular formula is C11H15N3S3. The van der Waals surface area contributed by atoms with E-state index in [-0.39, 0.29) is 0 Å². The molecule has 0 spiro atoms. The minimum atomic E-state index is 0.591. The third kappa shape index (κ3) is 3.00. The van der Waals surface area contributed by atoms with Crippen molar-refractivity contribution in [2.45, 2.75) is 13.5 Å². The molecule has 0 aromatic carbocycles. The molecule has 2 aromatic rings. The second kappa shape index (κ2) is 5.84. The molecule has 6 heteroatoms. The minimum Gasteiger partial charge on any atom is -0.299 e. The number of nitrogens with zero attached hydrogens (tertiary/aromatic N) is 2. The lowest BCUT2D eigenvalue weighted by Gasteiger charge is -2.11. The maximum absolute atomic E-state index is 5.29. The molecule has 92 valence electrons. The number of thioether (sulfide) groups is 1. The van der Waals surface area contributed by atoms with E-state index in [2.05, 4.69) is 39.4 Å². The fraction of sp³-hybridized carbons (Fsp3) is 0.455. The monoisotopic (exact) mass is 285 g/mol. The number of nitrogens with one attached hydrogen (secondary N) is 1. The zero-order valence-electron chi connectivity index (χ0n) is 9.84. The highest BCUT2D eigenvalue weighted by molar-refractivity contribution is 7.98. The van der Waals surface area contributed by atoms with Crippen LogP contribution in [0.2, 0.25) is 0 Å². The van der Waals surface area contributed by atoms with Gasteiger partial charge in [-0.05, 0) is 41.6 Å². The predicted octanol–water partition coefficient (Wildman–Crippen LogP) is 3.67. The summed E-state index contributed by atoms with van der Waals surface area (Å²) in [7, 11) is 0. The number of aromatic amines is 1. The van der Waals surface area contributed by atoms with Crippen LogP contribution in [0.3, 0.4) is 0 Å². The second-order valence-corrected chi connectivity index (χ2v) is 6.25. The average molecular weight is 285 g/mol. The van der Waals surface area contributed by atoms with Crippen LogP contribution in [0.15, 0.2) is 17.5 Å². The molecule has 1 unspecified atom stereocenters. The molecule has 17 heavy (non-hydrogen) atoms. The van der Waals surface area contributed by atoms with Crippen molar-refractivity contribution in [1.82, 2.24) is 14.8 Å². The number of hydrogen-bond acceptors (Lipinski definition) is 4. The van der Waals surface area contributed by atoms with Gasteiger partial charge < -0.3 is 0 Å². The zero-order valence-corrected chi connectivity index (χ0v) is 12.3. The van der Waals surface area contributed by atoms with E-state index in [9.17, 15) is 0 Å². The van der Waals surface area contributed by atoms with E-state index < -0.39 is 0 Å². The van der Waals surface area contributed by atoms with E-state index in [0.29, 0.717) is 10.7 Å². The Morgan fingerprint density at radius 1 is 1.65 bits per heavy atom.